The summed E-state index contributed by atoms with van der Waals surface area (Å²) in [4.78, 5) is 9.86. The molecule has 7 nitrogen and oxygen atoms in total. The normalized spacial score (nSPS) is 15.9. The maximum Gasteiger partial charge on any atom is 0.312 e. The van der Waals surface area contributed by atoms with E-state index < -0.39 is 26.4 Å². The van der Waals surface area contributed by atoms with Crippen molar-refractivity contribution in [2.75, 3.05) is 13.1 Å². The monoisotopic (exact) mass is 314 g/mol. The van der Waals surface area contributed by atoms with Gasteiger partial charge in [0.15, 0.2) is 5.75 Å². The predicted molar refractivity (Wildman–Crippen MR) is 76.5 cm³/mol. The lowest BCUT2D eigenvalue weighted by Gasteiger charge is -2.31. The van der Waals surface area contributed by atoms with Gasteiger partial charge in [-0.25, -0.2) is 8.42 Å². The first kappa shape index (κ1) is 15.7. The average Bonchev–Trinajstić information content (AvgIpc) is 2.37. The molecule has 1 saturated carbocycles. The molecule has 0 bridgehead atoms. The molecule has 0 saturated heterocycles. The zero-order chi connectivity index (χ0) is 15.6. The highest BCUT2D eigenvalue weighted by Gasteiger charge is 2.30. The minimum Gasteiger partial charge on any atom is -0.502 e. The van der Waals surface area contributed by atoms with Gasteiger partial charge >= 0.3 is 5.69 Å². The number of nitro benzene ring substituents is 1. The SMILES string of the molecule is CCN(CC1CCC1)S(=O)(=O)c1ccc(O)c([N+](=O)[O-])c1. The number of rotatable bonds is 6. The molecule has 0 spiro atoms. The van der Waals surface area contributed by atoms with Gasteiger partial charge in [0.2, 0.25) is 10.0 Å². The largest absolute Gasteiger partial charge is 0.502 e. The highest BCUT2D eigenvalue weighted by molar-refractivity contribution is 7.89. The van der Waals surface area contributed by atoms with E-state index in [4.69, 9.17) is 0 Å². The molecule has 0 heterocycles. The Morgan fingerprint density at radius 3 is 2.57 bits per heavy atom. The second-order valence-corrected chi connectivity index (χ2v) is 7.10. The molecule has 0 amide bonds. The Bertz CT molecular complexity index is 640. The molecule has 8 heteroatoms. The summed E-state index contributed by atoms with van der Waals surface area (Å²) in [7, 11) is -3.78. The van der Waals surface area contributed by atoms with Crippen LogP contribution in [0.2, 0.25) is 0 Å². The number of phenols is 1. The van der Waals surface area contributed by atoms with Gasteiger partial charge in [0.05, 0.1) is 9.82 Å². The highest BCUT2D eigenvalue weighted by atomic mass is 32.2. The van der Waals surface area contributed by atoms with Crippen LogP contribution in [0.5, 0.6) is 5.75 Å². The van der Waals surface area contributed by atoms with E-state index >= 15 is 0 Å². The first-order chi connectivity index (χ1) is 9.86. The fourth-order valence-electron chi connectivity index (χ4n) is 2.32. The fourth-order valence-corrected chi connectivity index (χ4v) is 3.87. The highest BCUT2D eigenvalue weighted by Crippen LogP contribution is 2.32. The van der Waals surface area contributed by atoms with E-state index in [-0.39, 0.29) is 4.90 Å². The molecule has 116 valence electrons. The first-order valence-electron chi connectivity index (χ1n) is 6.83. The van der Waals surface area contributed by atoms with Crippen LogP contribution in [0.25, 0.3) is 0 Å². The van der Waals surface area contributed by atoms with E-state index in [9.17, 15) is 23.6 Å². The molecule has 1 aliphatic carbocycles. The second kappa shape index (κ2) is 5.98. The third kappa shape index (κ3) is 3.16. The fraction of sp³-hybridized carbons (Fsp3) is 0.538. The number of sulfonamides is 1. The summed E-state index contributed by atoms with van der Waals surface area (Å²) in [6.45, 7) is 2.49. The van der Waals surface area contributed by atoms with Crippen LogP contribution in [0.1, 0.15) is 26.2 Å². The summed E-state index contributed by atoms with van der Waals surface area (Å²) < 4.78 is 26.4. The van der Waals surface area contributed by atoms with Crippen LogP contribution in [0, 0.1) is 16.0 Å². The molecular weight excluding hydrogens is 296 g/mol. The average molecular weight is 314 g/mol. The van der Waals surface area contributed by atoms with Gasteiger partial charge in [0.1, 0.15) is 0 Å². The van der Waals surface area contributed by atoms with Crippen molar-refractivity contribution in [1.29, 1.82) is 0 Å². The Kier molecular flexibility index (Phi) is 4.48. The van der Waals surface area contributed by atoms with Crippen LogP contribution in [0.4, 0.5) is 5.69 Å². The molecule has 1 aromatic carbocycles. The van der Waals surface area contributed by atoms with Gasteiger partial charge in [-0.1, -0.05) is 13.3 Å². The molecule has 0 radical (unpaired) electrons. The van der Waals surface area contributed by atoms with Crippen molar-refractivity contribution >= 4 is 15.7 Å². The molecule has 2 rings (SSSR count). The van der Waals surface area contributed by atoms with Crippen LogP contribution in [-0.4, -0.2) is 35.8 Å². The van der Waals surface area contributed by atoms with E-state index in [1.807, 2.05) is 0 Å². The van der Waals surface area contributed by atoms with Gasteiger partial charge in [-0.15, -0.1) is 0 Å². The smallest absolute Gasteiger partial charge is 0.312 e. The summed E-state index contributed by atoms with van der Waals surface area (Å²) in [5.74, 6) is -0.173. The Labute approximate surface area is 123 Å². The van der Waals surface area contributed by atoms with Crippen LogP contribution < -0.4 is 0 Å². The van der Waals surface area contributed by atoms with Crippen molar-refractivity contribution in [3.63, 3.8) is 0 Å². The summed E-state index contributed by atoms with van der Waals surface area (Å²) in [5.41, 5.74) is -0.601. The van der Waals surface area contributed by atoms with Crippen LogP contribution in [0.15, 0.2) is 23.1 Å². The Balaban J connectivity index is 2.32. The van der Waals surface area contributed by atoms with Gasteiger partial charge in [0, 0.05) is 19.2 Å². The van der Waals surface area contributed by atoms with Gasteiger partial charge in [-0.2, -0.15) is 4.31 Å². The number of benzene rings is 1. The number of hydrogen-bond donors (Lipinski definition) is 1. The summed E-state index contributed by atoms with van der Waals surface area (Å²) in [6, 6.07) is 3.15. The number of aromatic hydroxyl groups is 1. The lowest BCUT2D eigenvalue weighted by atomic mass is 9.85. The Morgan fingerprint density at radius 1 is 1.43 bits per heavy atom. The van der Waals surface area contributed by atoms with Crippen molar-refractivity contribution in [1.82, 2.24) is 4.31 Å². The van der Waals surface area contributed by atoms with E-state index in [0.717, 1.165) is 31.4 Å². The molecule has 0 aromatic heterocycles. The summed E-state index contributed by atoms with van der Waals surface area (Å²) in [6.07, 6.45) is 3.15. The molecule has 1 aliphatic rings. The maximum atomic E-state index is 12.5. The third-order valence-electron chi connectivity index (χ3n) is 3.82. The number of phenolic OH excluding ortho intramolecular Hbond substituents is 1. The topological polar surface area (TPSA) is 101 Å². The van der Waals surface area contributed by atoms with E-state index in [1.165, 1.54) is 10.4 Å². The molecule has 1 aromatic rings. The van der Waals surface area contributed by atoms with Crippen molar-refractivity contribution < 1.29 is 18.4 Å². The molecular formula is C13H18N2O5S. The molecule has 21 heavy (non-hydrogen) atoms. The molecule has 1 fully saturated rings. The molecule has 0 unspecified atom stereocenters. The zero-order valence-corrected chi connectivity index (χ0v) is 12.5. The number of hydrogen-bond acceptors (Lipinski definition) is 5. The zero-order valence-electron chi connectivity index (χ0n) is 11.7. The molecule has 0 aliphatic heterocycles. The van der Waals surface area contributed by atoms with E-state index in [2.05, 4.69) is 0 Å². The van der Waals surface area contributed by atoms with Crippen molar-refractivity contribution in [3.05, 3.63) is 28.3 Å². The second-order valence-electron chi connectivity index (χ2n) is 5.16. The number of nitrogens with zero attached hydrogens (tertiary/aromatic N) is 2. The van der Waals surface area contributed by atoms with Gasteiger partial charge in [-0.3, -0.25) is 10.1 Å². The van der Waals surface area contributed by atoms with E-state index in [0.29, 0.717) is 19.0 Å². The van der Waals surface area contributed by atoms with Crippen LogP contribution in [-0.2, 0) is 10.0 Å². The molecule has 0 atom stereocenters. The minimum atomic E-state index is -3.78. The lowest BCUT2D eigenvalue weighted by Crippen LogP contribution is -2.37. The van der Waals surface area contributed by atoms with Crippen molar-refractivity contribution in [2.24, 2.45) is 5.92 Å². The number of nitro groups is 1. The van der Waals surface area contributed by atoms with Crippen LogP contribution >= 0.6 is 0 Å². The van der Waals surface area contributed by atoms with Crippen molar-refractivity contribution in [3.8, 4) is 5.75 Å². The van der Waals surface area contributed by atoms with Crippen LogP contribution in [0.3, 0.4) is 0 Å². The molecule has 1 N–H and O–H groups in total. The first-order valence-corrected chi connectivity index (χ1v) is 8.27. The third-order valence-corrected chi connectivity index (χ3v) is 5.76. The van der Waals surface area contributed by atoms with Gasteiger partial charge < -0.3 is 5.11 Å². The lowest BCUT2D eigenvalue weighted by molar-refractivity contribution is -0.386. The van der Waals surface area contributed by atoms with Gasteiger partial charge in [0.25, 0.3) is 0 Å². The van der Waals surface area contributed by atoms with Crippen molar-refractivity contribution in [2.45, 2.75) is 31.1 Å². The summed E-state index contributed by atoms with van der Waals surface area (Å²) >= 11 is 0. The maximum absolute atomic E-state index is 12.5. The van der Waals surface area contributed by atoms with E-state index in [1.54, 1.807) is 6.92 Å². The Hall–Kier alpha value is -1.67. The predicted octanol–water partition coefficient (Wildman–Crippen LogP) is 2.11. The van der Waals surface area contributed by atoms with Gasteiger partial charge in [-0.05, 0) is 30.9 Å². The Morgan fingerprint density at radius 2 is 2.10 bits per heavy atom. The quantitative estimate of drug-likeness (QED) is 0.640. The standard InChI is InChI=1S/C13H18N2O5S/c1-2-14(9-10-4-3-5-10)21(19,20)11-6-7-13(16)12(8-11)15(17)18/h6-8,10,16H,2-5,9H2,1H3. The minimum absolute atomic E-state index is 0.159. The summed E-state index contributed by atoms with van der Waals surface area (Å²) in [5, 5.41) is 20.2.